The Morgan fingerprint density at radius 3 is 2.20 bits per heavy atom. The van der Waals surface area contributed by atoms with Crippen LogP contribution in [0.1, 0.15) is 21.8 Å². The Morgan fingerprint density at radius 2 is 1.68 bits per heavy atom. The summed E-state index contributed by atoms with van der Waals surface area (Å²) in [4.78, 5) is 25.1. The van der Waals surface area contributed by atoms with Crippen molar-refractivity contribution in [3.8, 4) is 0 Å². The van der Waals surface area contributed by atoms with Gasteiger partial charge in [0.15, 0.2) is 5.78 Å². The first-order chi connectivity index (χ1) is 12.0. The number of ether oxygens (including phenoxy) is 1. The number of hydrogen-bond donors (Lipinski definition) is 0. The minimum absolute atomic E-state index is 0.117. The third kappa shape index (κ3) is 4.34. The van der Waals surface area contributed by atoms with Crippen molar-refractivity contribution in [1.29, 1.82) is 0 Å². The molecule has 0 radical (unpaired) electrons. The molecule has 4 heteroatoms. The van der Waals surface area contributed by atoms with Crippen molar-refractivity contribution in [1.82, 2.24) is 0 Å². The zero-order chi connectivity index (χ0) is 18.4. The maximum Gasteiger partial charge on any atom is 0.333 e. The van der Waals surface area contributed by atoms with E-state index in [1.54, 1.807) is 30.3 Å². The van der Waals surface area contributed by atoms with Crippen molar-refractivity contribution in [2.24, 2.45) is 5.92 Å². The van der Waals surface area contributed by atoms with Gasteiger partial charge in [-0.05, 0) is 17.7 Å². The van der Waals surface area contributed by atoms with Crippen molar-refractivity contribution in [2.45, 2.75) is 5.92 Å². The summed E-state index contributed by atoms with van der Waals surface area (Å²) in [6.45, 7) is 7.70. The van der Waals surface area contributed by atoms with Crippen LogP contribution in [0.2, 0.25) is 0 Å². The number of carbonyl (C=O) groups excluding carboxylic acids is 2. The predicted molar refractivity (Wildman–Crippen MR) is 102 cm³/mol. The fraction of sp³-hybridized carbons (Fsp3) is 0.143. The Hall–Kier alpha value is -2.46. The average molecular weight is 399 g/mol. The maximum absolute atomic E-state index is 13.0. The molecule has 0 aliphatic heterocycles. The summed E-state index contributed by atoms with van der Waals surface area (Å²) >= 11 is 3.39. The summed E-state index contributed by atoms with van der Waals surface area (Å²) < 4.78 is 5.73. The molecule has 0 unspecified atom stereocenters. The van der Waals surface area contributed by atoms with E-state index >= 15 is 0 Å². The second-order valence-electron chi connectivity index (χ2n) is 5.54. The Kier molecular flexibility index (Phi) is 6.48. The standard InChI is InChI=1S/C21H19BrO3/c1-4-18(20(23)16-8-6-5-7-9-16)19(14(2)21(24)25-3)15-10-12-17(22)13-11-15/h4-13,18-19H,1-2H2,3H3/t18-,19-/m0/s1. The molecule has 0 amide bonds. The first-order valence-electron chi connectivity index (χ1n) is 7.74. The third-order valence-corrected chi connectivity index (χ3v) is 4.55. The highest BCUT2D eigenvalue weighted by molar-refractivity contribution is 9.10. The molecular formula is C21H19BrO3. The number of Topliss-reactive ketones (excluding diaryl/α,β-unsaturated/α-hetero) is 1. The minimum Gasteiger partial charge on any atom is -0.466 e. The number of halogens is 1. The van der Waals surface area contributed by atoms with Crippen LogP contribution in [0.5, 0.6) is 0 Å². The molecule has 2 aromatic rings. The lowest BCUT2D eigenvalue weighted by Gasteiger charge is -2.25. The lowest BCUT2D eigenvalue weighted by molar-refractivity contribution is -0.136. The van der Waals surface area contributed by atoms with Crippen LogP contribution in [0.25, 0.3) is 0 Å². The van der Waals surface area contributed by atoms with Crippen LogP contribution >= 0.6 is 15.9 Å². The number of methoxy groups -OCH3 is 1. The minimum atomic E-state index is -0.629. The predicted octanol–water partition coefficient (Wildman–Crippen LogP) is 4.95. The second-order valence-corrected chi connectivity index (χ2v) is 6.45. The molecule has 0 saturated carbocycles. The number of ketones is 1. The molecule has 2 atom stereocenters. The largest absolute Gasteiger partial charge is 0.466 e. The van der Waals surface area contributed by atoms with Crippen LogP contribution in [0.4, 0.5) is 0 Å². The monoisotopic (exact) mass is 398 g/mol. The van der Waals surface area contributed by atoms with E-state index < -0.39 is 17.8 Å². The first-order valence-corrected chi connectivity index (χ1v) is 8.53. The lowest BCUT2D eigenvalue weighted by atomic mass is 9.77. The second kappa shape index (κ2) is 8.58. The van der Waals surface area contributed by atoms with E-state index in [9.17, 15) is 9.59 Å². The van der Waals surface area contributed by atoms with Crippen molar-refractivity contribution in [3.05, 3.63) is 95.0 Å². The van der Waals surface area contributed by atoms with Crippen LogP contribution in [0, 0.1) is 5.92 Å². The molecule has 0 aliphatic carbocycles. The molecule has 0 aliphatic rings. The topological polar surface area (TPSA) is 43.4 Å². The van der Waals surface area contributed by atoms with E-state index in [0.29, 0.717) is 5.56 Å². The van der Waals surface area contributed by atoms with E-state index in [4.69, 9.17) is 4.74 Å². The molecule has 0 N–H and O–H groups in total. The van der Waals surface area contributed by atoms with Gasteiger partial charge >= 0.3 is 5.97 Å². The van der Waals surface area contributed by atoms with Crippen LogP contribution in [-0.2, 0) is 9.53 Å². The number of benzene rings is 2. The summed E-state index contributed by atoms with van der Waals surface area (Å²) in [6, 6.07) is 16.4. The number of hydrogen-bond acceptors (Lipinski definition) is 3. The summed E-state index contributed by atoms with van der Waals surface area (Å²) in [5, 5.41) is 0. The molecule has 128 valence electrons. The number of rotatable bonds is 7. The van der Waals surface area contributed by atoms with E-state index in [2.05, 4.69) is 29.1 Å². The van der Waals surface area contributed by atoms with Crippen molar-refractivity contribution in [2.75, 3.05) is 7.11 Å². The fourth-order valence-corrected chi connectivity index (χ4v) is 3.01. The van der Waals surface area contributed by atoms with Gasteiger partial charge in [0.1, 0.15) is 0 Å². The molecule has 0 saturated heterocycles. The smallest absolute Gasteiger partial charge is 0.333 e. The number of esters is 1. The fourth-order valence-electron chi connectivity index (χ4n) is 2.74. The van der Waals surface area contributed by atoms with E-state index in [0.717, 1.165) is 10.0 Å². The van der Waals surface area contributed by atoms with Gasteiger partial charge in [0.2, 0.25) is 0 Å². The van der Waals surface area contributed by atoms with Crippen LogP contribution in [-0.4, -0.2) is 18.9 Å². The zero-order valence-corrected chi connectivity index (χ0v) is 15.5. The highest BCUT2D eigenvalue weighted by atomic mass is 79.9. The lowest BCUT2D eigenvalue weighted by Crippen LogP contribution is -2.25. The highest BCUT2D eigenvalue weighted by Gasteiger charge is 2.33. The van der Waals surface area contributed by atoms with E-state index in [1.807, 2.05) is 30.3 Å². The quantitative estimate of drug-likeness (QED) is 0.287. The van der Waals surface area contributed by atoms with Gasteiger partial charge in [0.25, 0.3) is 0 Å². The molecule has 2 aromatic carbocycles. The first kappa shape index (κ1) is 18.9. The summed E-state index contributed by atoms with van der Waals surface area (Å²) in [5.74, 6) is -1.84. The normalized spacial score (nSPS) is 12.7. The Balaban J connectivity index is 2.50. The molecule has 0 fully saturated rings. The SMILES string of the molecule is C=C[C@H](C(=O)c1ccccc1)[C@@H](C(=C)C(=O)OC)c1ccc(Br)cc1. The Bertz CT molecular complexity index is 779. The van der Waals surface area contributed by atoms with Gasteiger partial charge in [-0.3, -0.25) is 4.79 Å². The molecule has 2 rings (SSSR count). The molecule has 3 nitrogen and oxygen atoms in total. The maximum atomic E-state index is 13.0. The van der Waals surface area contributed by atoms with Gasteiger partial charge in [0, 0.05) is 21.5 Å². The zero-order valence-electron chi connectivity index (χ0n) is 13.9. The average Bonchev–Trinajstić information content (AvgIpc) is 2.66. The summed E-state index contributed by atoms with van der Waals surface area (Å²) in [7, 11) is 1.30. The number of carbonyl (C=O) groups is 2. The van der Waals surface area contributed by atoms with Crippen molar-refractivity contribution in [3.63, 3.8) is 0 Å². The molecule has 0 bridgehead atoms. The van der Waals surface area contributed by atoms with Gasteiger partial charge in [-0.1, -0.05) is 71.0 Å². The van der Waals surface area contributed by atoms with Gasteiger partial charge < -0.3 is 4.74 Å². The molecule has 0 heterocycles. The Morgan fingerprint density at radius 1 is 1.08 bits per heavy atom. The van der Waals surface area contributed by atoms with Gasteiger partial charge in [0.05, 0.1) is 13.0 Å². The summed E-state index contributed by atoms with van der Waals surface area (Å²) in [6.07, 6.45) is 1.57. The third-order valence-electron chi connectivity index (χ3n) is 4.03. The van der Waals surface area contributed by atoms with Crippen LogP contribution < -0.4 is 0 Å². The van der Waals surface area contributed by atoms with Gasteiger partial charge in [-0.25, -0.2) is 4.79 Å². The molecule has 0 aromatic heterocycles. The van der Waals surface area contributed by atoms with Crippen LogP contribution in [0.15, 0.2) is 83.9 Å². The highest BCUT2D eigenvalue weighted by Crippen LogP contribution is 2.35. The summed E-state index contributed by atoms with van der Waals surface area (Å²) in [5.41, 5.74) is 1.58. The van der Waals surface area contributed by atoms with Gasteiger partial charge in [-0.2, -0.15) is 0 Å². The molecule has 0 spiro atoms. The van der Waals surface area contributed by atoms with Gasteiger partial charge in [-0.15, -0.1) is 6.58 Å². The van der Waals surface area contributed by atoms with Crippen LogP contribution in [0.3, 0.4) is 0 Å². The van der Waals surface area contributed by atoms with Crippen molar-refractivity contribution < 1.29 is 14.3 Å². The molecular weight excluding hydrogens is 380 g/mol. The number of allylic oxidation sites excluding steroid dienone is 1. The van der Waals surface area contributed by atoms with E-state index in [-0.39, 0.29) is 11.4 Å². The molecule has 25 heavy (non-hydrogen) atoms. The van der Waals surface area contributed by atoms with Crippen molar-refractivity contribution >= 4 is 27.7 Å². The Labute approximate surface area is 156 Å². The van der Waals surface area contributed by atoms with E-state index in [1.165, 1.54) is 7.11 Å².